The molecule has 6 nitrogen and oxygen atoms in total. The molecule has 0 radical (unpaired) electrons. The van der Waals surface area contributed by atoms with Gasteiger partial charge >= 0.3 is 0 Å². The van der Waals surface area contributed by atoms with Crippen molar-refractivity contribution in [3.05, 3.63) is 96.5 Å². The van der Waals surface area contributed by atoms with Gasteiger partial charge in [-0.15, -0.1) is 0 Å². The first kappa shape index (κ1) is 28.4. The Balaban J connectivity index is 1.55. The summed E-state index contributed by atoms with van der Waals surface area (Å²) in [6, 6.07) is 14.1. The van der Waals surface area contributed by atoms with Gasteiger partial charge in [0.25, 0.3) is 11.8 Å². The number of thiocarbonyl (C=S) groups is 1. The Morgan fingerprint density at radius 1 is 1.18 bits per heavy atom. The number of hydrogen-bond acceptors (Lipinski definition) is 6. The molecule has 0 aromatic heterocycles. The van der Waals surface area contributed by atoms with Crippen LogP contribution in [-0.4, -0.2) is 27.8 Å². The van der Waals surface area contributed by atoms with E-state index >= 15 is 0 Å². The van der Waals surface area contributed by atoms with E-state index < -0.39 is 17.6 Å². The maximum absolute atomic E-state index is 14.2. The molecule has 0 bridgehead atoms. The maximum atomic E-state index is 14.2. The fraction of sp³-hybridized carbons (Fsp3) is 0.115. The van der Waals surface area contributed by atoms with Crippen LogP contribution in [0.5, 0.6) is 11.5 Å². The van der Waals surface area contributed by atoms with Gasteiger partial charge in [-0.2, -0.15) is 5.01 Å². The Morgan fingerprint density at radius 3 is 2.66 bits per heavy atom. The van der Waals surface area contributed by atoms with Crippen molar-refractivity contribution >= 4 is 85.3 Å². The van der Waals surface area contributed by atoms with Crippen LogP contribution in [0, 0.1) is 5.82 Å². The number of carbonyl (C=O) groups excluding carboxylic acids is 2. The van der Waals surface area contributed by atoms with Gasteiger partial charge in [0.2, 0.25) is 0 Å². The van der Waals surface area contributed by atoms with Crippen LogP contribution in [0.1, 0.15) is 28.4 Å². The number of ether oxygens (including phenoxy) is 2. The summed E-state index contributed by atoms with van der Waals surface area (Å²) < 4.78 is 26.5. The van der Waals surface area contributed by atoms with Gasteiger partial charge in [-0.25, -0.2) is 4.39 Å². The van der Waals surface area contributed by atoms with Crippen LogP contribution in [-0.2, 0) is 11.4 Å². The standard InChI is InChI=1S/C26H18BrCl2FN2O4S2/c1-2-35-21-10-14(9-18(27)23(21)36-13-17-19(29)7-4-8-20(17)30)11-22-25(34)32(26(37)38-22)31-24(33)15-5-3-6-16(28)12-15/h3-12H,2,13H2,1H3,(H,31,33)/b22-11+. The monoisotopic (exact) mass is 654 g/mol. The normalized spacial score (nSPS) is 14.2. The van der Waals surface area contributed by atoms with Gasteiger partial charge in [-0.1, -0.05) is 47.1 Å². The molecule has 0 saturated carbocycles. The average Bonchev–Trinajstić information content (AvgIpc) is 3.12. The fourth-order valence-electron chi connectivity index (χ4n) is 3.40. The van der Waals surface area contributed by atoms with Crippen molar-refractivity contribution in [1.29, 1.82) is 0 Å². The number of nitrogens with one attached hydrogen (secondary N) is 1. The van der Waals surface area contributed by atoms with Crippen molar-refractivity contribution in [2.75, 3.05) is 6.61 Å². The number of benzene rings is 3. The van der Waals surface area contributed by atoms with Crippen molar-refractivity contribution in [1.82, 2.24) is 10.4 Å². The van der Waals surface area contributed by atoms with Crippen LogP contribution in [0.25, 0.3) is 6.08 Å². The highest BCUT2D eigenvalue weighted by molar-refractivity contribution is 9.10. The van der Waals surface area contributed by atoms with Crippen LogP contribution in [0.15, 0.2) is 64.0 Å². The van der Waals surface area contributed by atoms with Crippen molar-refractivity contribution < 1.29 is 23.5 Å². The summed E-state index contributed by atoms with van der Waals surface area (Å²) in [5.41, 5.74) is 3.63. The minimum absolute atomic E-state index is 0.117. The smallest absolute Gasteiger partial charge is 0.285 e. The van der Waals surface area contributed by atoms with Crippen LogP contribution < -0.4 is 14.9 Å². The zero-order chi connectivity index (χ0) is 27.4. The Hall–Kier alpha value is -2.63. The Bertz CT molecular complexity index is 1450. The molecule has 0 unspecified atom stereocenters. The van der Waals surface area contributed by atoms with Crippen LogP contribution in [0.3, 0.4) is 0 Å². The molecular weight excluding hydrogens is 638 g/mol. The predicted octanol–water partition coefficient (Wildman–Crippen LogP) is 7.42. The molecule has 4 rings (SSSR count). The van der Waals surface area contributed by atoms with Gasteiger partial charge in [0.15, 0.2) is 15.8 Å². The highest BCUT2D eigenvalue weighted by Crippen LogP contribution is 2.40. The minimum Gasteiger partial charge on any atom is -0.490 e. The van der Waals surface area contributed by atoms with E-state index in [4.69, 9.17) is 44.9 Å². The van der Waals surface area contributed by atoms with E-state index in [1.54, 1.807) is 42.5 Å². The van der Waals surface area contributed by atoms with Crippen molar-refractivity contribution in [3.8, 4) is 11.5 Å². The lowest BCUT2D eigenvalue weighted by Gasteiger charge is -2.16. The van der Waals surface area contributed by atoms with Crippen molar-refractivity contribution in [3.63, 3.8) is 0 Å². The molecule has 38 heavy (non-hydrogen) atoms. The SMILES string of the molecule is CCOc1cc(/C=C2/SC(=S)N(NC(=O)c3cccc(Cl)c3)C2=O)cc(Br)c1OCc1c(F)cccc1Cl. The maximum Gasteiger partial charge on any atom is 0.285 e. The summed E-state index contributed by atoms with van der Waals surface area (Å²) in [4.78, 5) is 25.9. The second-order valence-electron chi connectivity index (χ2n) is 7.72. The van der Waals surface area contributed by atoms with Crippen LogP contribution in [0.4, 0.5) is 4.39 Å². The second-order valence-corrected chi connectivity index (χ2v) is 11.1. The van der Waals surface area contributed by atoms with E-state index in [0.717, 1.165) is 16.8 Å². The molecule has 0 atom stereocenters. The molecule has 0 spiro atoms. The Kier molecular flexibility index (Phi) is 9.32. The van der Waals surface area contributed by atoms with Gasteiger partial charge in [0, 0.05) is 16.1 Å². The van der Waals surface area contributed by atoms with Gasteiger partial charge in [-0.3, -0.25) is 15.0 Å². The molecule has 196 valence electrons. The third kappa shape index (κ3) is 6.50. The lowest BCUT2D eigenvalue weighted by Crippen LogP contribution is -2.44. The molecule has 1 heterocycles. The number of thioether (sulfide) groups is 1. The predicted molar refractivity (Wildman–Crippen MR) is 155 cm³/mol. The zero-order valence-corrected chi connectivity index (χ0v) is 24.3. The first-order valence-corrected chi connectivity index (χ1v) is 13.8. The topological polar surface area (TPSA) is 67.9 Å². The number of hydrogen-bond donors (Lipinski definition) is 1. The van der Waals surface area contributed by atoms with E-state index in [1.165, 1.54) is 18.2 Å². The molecule has 12 heteroatoms. The van der Waals surface area contributed by atoms with E-state index in [-0.39, 0.29) is 27.1 Å². The third-order valence-corrected chi connectivity index (χ3v) is 7.63. The van der Waals surface area contributed by atoms with Crippen molar-refractivity contribution in [2.45, 2.75) is 13.5 Å². The molecular formula is C26H18BrCl2FN2O4S2. The molecule has 1 fully saturated rings. The largest absolute Gasteiger partial charge is 0.490 e. The summed E-state index contributed by atoms with van der Waals surface area (Å²) in [5.74, 6) is -0.760. The van der Waals surface area contributed by atoms with Gasteiger partial charge in [0.05, 0.1) is 21.0 Å². The number of rotatable bonds is 8. The first-order chi connectivity index (χ1) is 18.2. The summed E-state index contributed by atoms with van der Waals surface area (Å²) in [5, 5.41) is 1.66. The molecule has 1 saturated heterocycles. The third-order valence-electron chi connectivity index (χ3n) is 5.15. The first-order valence-electron chi connectivity index (χ1n) is 11.0. The number of halogens is 4. The molecule has 1 aliphatic rings. The summed E-state index contributed by atoms with van der Waals surface area (Å²) >= 11 is 21.9. The molecule has 1 aliphatic heterocycles. The zero-order valence-electron chi connectivity index (χ0n) is 19.6. The molecule has 1 N–H and O–H groups in total. The minimum atomic E-state index is -0.525. The number of carbonyl (C=O) groups is 2. The molecule has 2 amide bonds. The van der Waals surface area contributed by atoms with Gasteiger partial charge < -0.3 is 9.47 Å². The lowest BCUT2D eigenvalue weighted by molar-refractivity contribution is -0.123. The Labute approximate surface area is 246 Å². The van der Waals surface area contributed by atoms with Gasteiger partial charge in [-0.05, 0) is 89.2 Å². The van der Waals surface area contributed by atoms with Gasteiger partial charge in [0.1, 0.15) is 12.4 Å². The molecule has 3 aromatic carbocycles. The van der Waals surface area contributed by atoms with E-state index in [0.29, 0.717) is 38.1 Å². The van der Waals surface area contributed by atoms with E-state index in [1.807, 2.05) is 6.92 Å². The lowest BCUT2D eigenvalue weighted by atomic mass is 10.1. The highest BCUT2D eigenvalue weighted by Gasteiger charge is 2.34. The van der Waals surface area contributed by atoms with E-state index in [2.05, 4.69) is 21.4 Å². The van der Waals surface area contributed by atoms with E-state index in [9.17, 15) is 14.0 Å². The number of hydrazine groups is 1. The number of nitrogens with zero attached hydrogens (tertiary/aromatic N) is 1. The summed E-state index contributed by atoms with van der Waals surface area (Å²) in [7, 11) is 0. The average molecular weight is 656 g/mol. The van der Waals surface area contributed by atoms with Crippen LogP contribution in [0.2, 0.25) is 10.0 Å². The molecule has 3 aromatic rings. The van der Waals surface area contributed by atoms with Crippen molar-refractivity contribution in [2.24, 2.45) is 0 Å². The quantitative estimate of drug-likeness (QED) is 0.201. The summed E-state index contributed by atoms with van der Waals surface area (Å²) in [6.07, 6.45) is 1.62. The second kappa shape index (κ2) is 12.5. The number of amides is 2. The summed E-state index contributed by atoms with van der Waals surface area (Å²) in [6.45, 7) is 2.03. The molecule has 0 aliphatic carbocycles. The highest BCUT2D eigenvalue weighted by atomic mass is 79.9. The van der Waals surface area contributed by atoms with Crippen LogP contribution >= 0.6 is 63.1 Å². The Morgan fingerprint density at radius 2 is 1.95 bits per heavy atom. The fourth-order valence-corrected chi connectivity index (χ4v) is 5.56.